The van der Waals surface area contributed by atoms with Crippen LogP contribution in [0.4, 0.5) is 11.4 Å². The van der Waals surface area contributed by atoms with Gasteiger partial charge in [0.05, 0.1) is 5.56 Å². The fraction of sp³-hybridized carbons (Fsp3) is 0.103. The average Bonchev–Trinajstić information content (AvgIpc) is 2.83. The summed E-state index contributed by atoms with van der Waals surface area (Å²) in [6.07, 6.45) is 0.323. The molecule has 34 heavy (non-hydrogen) atoms. The number of hydrogen-bond donors (Lipinski definition) is 2. The zero-order valence-corrected chi connectivity index (χ0v) is 19.2. The molecule has 4 aromatic rings. The lowest BCUT2D eigenvalue weighted by Crippen LogP contribution is -2.09. The molecule has 0 atom stereocenters. The predicted molar refractivity (Wildman–Crippen MR) is 136 cm³/mol. The van der Waals surface area contributed by atoms with Crippen LogP contribution in [0.15, 0.2) is 84.9 Å². The van der Waals surface area contributed by atoms with Crippen molar-refractivity contribution in [2.75, 3.05) is 11.5 Å². The molecule has 0 saturated carbocycles. The van der Waals surface area contributed by atoms with E-state index in [1.807, 2.05) is 56.3 Å². The molecule has 5 nitrogen and oxygen atoms in total. The summed E-state index contributed by atoms with van der Waals surface area (Å²) in [5.74, 6) is 0.0868. The molecule has 0 bridgehead atoms. The van der Waals surface area contributed by atoms with Crippen molar-refractivity contribution < 1.29 is 14.3 Å². The van der Waals surface area contributed by atoms with E-state index in [2.05, 4.69) is 0 Å². The highest BCUT2D eigenvalue weighted by Crippen LogP contribution is 2.24. The number of hydrogen-bond acceptors (Lipinski definition) is 5. The maximum atomic E-state index is 12.6. The number of nitrogens with two attached hydrogens (primary N) is 2. The Bertz CT molecular complexity index is 1250. The molecule has 0 heterocycles. The van der Waals surface area contributed by atoms with E-state index >= 15 is 0 Å². The van der Waals surface area contributed by atoms with E-state index in [0.29, 0.717) is 34.7 Å². The van der Waals surface area contributed by atoms with Gasteiger partial charge in [0.15, 0.2) is 5.78 Å². The maximum absolute atomic E-state index is 12.6. The van der Waals surface area contributed by atoms with Crippen molar-refractivity contribution in [3.05, 3.63) is 113 Å². The van der Waals surface area contributed by atoms with Gasteiger partial charge in [-0.25, -0.2) is 4.79 Å². The van der Waals surface area contributed by atoms with Crippen LogP contribution >= 0.6 is 0 Å². The highest BCUT2D eigenvalue weighted by Gasteiger charge is 2.11. The summed E-state index contributed by atoms with van der Waals surface area (Å²) in [4.78, 5) is 25.0. The second kappa shape index (κ2) is 9.63. The second-order valence-corrected chi connectivity index (χ2v) is 8.35. The van der Waals surface area contributed by atoms with E-state index in [1.54, 1.807) is 42.5 Å². The molecule has 4 aromatic carbocycles. The fourth-order valence-corrected chi connectivity index (χ4v) is 3.64. The highest BCUT2D eigenvalue weighted by atomic mass is 16.5. The van der Waals surface area contributed by atoms with E-state index in [0.717, 1.165) is 27.8 Å². The van der Waals surface area contributed by atoms with Crippen LogP contribution in [-0.2, 0) is 6.42 Å². The number of Topliss-reactive ketones (excluding diaryl/α,β-unsaturated/α-hetero) is 1. The van der Waals surface area contributed by atoms with Crippen molar-refractivity contribution in [2.45, 2.75) is 20.3 Å². The van der Waals surface area contributed by atoms with Crippen molar-refractivity contribution in [1.29, 1.82) is 0 Å². The number of nitrogen functional groups attached to an aromatic ring is 2. The number of carbonyl (C=O) groups excluding carboxylic acids is 2. The predicted octanol–water partition coefficient (Wildman–Crippen LogP) is 5.78. The highest BCUT2D eigenvalue weighted by molar-refractivity contribution is 5.98. The molecule has 0 aliphatic rings. The van der Waals surface area contributed by atoms with Crippen molar-refractivity contribution in [2.24, 2.45) is 0 Å². The number of rotatable bonds is 6. The van der Waals surface area contributed by atoms with Crippen molar-refractivity contribution in [3.63, 3.8) is 0 Å². The van der Waals surface area contributed by atoms with Gasteiger partial charge in [0.1, 0.15) is 5.75 Å². The number of anilines is 2. The van der Waals surface area contributed by atoms with Gasteiger partial charge in [-0.05, 0) is 90.2 Å². The Kier molecular flexibility index (Phi) is 6.46. The largest absolute Gasteiger partial charge is 0.423 e. The number of aryl methyl sites for hydroxylation is 2. The topological polar surface area (TPSA) is 95.4 Å². The number of carbonyl (C=O) groups is 2. The zero-order valence-electron chi connectivity index (χ0n) is 19.2. The van der Waals surface area contributed by atoms with Crippen molar-refractivity contribution in [3.8, 4) is 16.9 Å². The van der Waals surface area contributed by atoms with E-state index in [4.69, 9.17) is 16.2 Å². The quantitative estimate of drug-likeness (QED) is 0.168. The van der Waals surface area contributed by atoms with Gasteiger partial charge in [-0.1, -0.05) is 36.4 Å². The molecule has 0 saturated heterocycles. The van der Waals surface area contributed by atoms with E-state index in [1.165, 1.54) is 0 Å². The first-order valence-electron chi connectivity index (χ1n) is 11.0. The molecule has 0 fully saturated rings. The summed E-state index contributed by atoms with van der Waals surface area (Å²) in [7, 11) is 0. The second-order valence-electron chi connectivity index (χ2n) is 8.35. The standard InChI is InChI=1S/C29H26N2O3/c1-18-15-23(9-13-26(18)30)28(32)17-20-3-5-21(6-4-20)22-7-11-25(12-8-22)34-29(33)24-10-14-27(31)19(2)16-24/h3-16H,17,30-31H2,1-2H3. The van der Waals surface area contributed by atoms with Crippen LogP contribution in [0.3, 0.4) is 0 Å². The maximum Gasteiger partial charge on any atom is 0.343 e. The molecule has 0 aliphatic carbocycles. The van der Waals surface area contributed by atoms with E-state index in [-0.39, 0.29) is 5.78 Å². The first kappa shape index (κ1) is 22.8. The number of benzene rings is 4. The van der Waals surface area contributed by atoms with Gasteiger partial charge in [0, 0.05) is 23.4 Å². The summed E-state index contributed by atoms with van der Waals surface area (Å²) in [5, 5.41) is 0. The van der Waals surface area contributed by atoms with Gasteiger partial charge in [0.25, 0.3) is 0 Å². The molecule has 170 valence electrons. The van der Waals surface area contributed by atoms with Gasteiger partial charge in [0.2, 0.25) is 0 Å². The molecule has 4 N–H and O–H groups in total. The molecule has 0 aromatic heterocycles. The summed E-state index contributed by atoms with van der Waals surface area (Å²) in [6.45, 7) is 3.74. The first-order valence-corrected chi connectivity index (χ1v) is 11.0. The summed E-state index contributed by atoms with van der Waals surface area (Å²) >= 11 is 0. The minimum atomic E-state index is -0.429. The third-order valence-electron chi connectivity index (χ3n) is 5.81. The molecule has 0 radical (unpaired) electrons. The lowest BCUT2D eigenvalue weighted by molar-refractivity contribution is 0.0734. The normalized spacial score (nSPS) is 10.6. The average molecular weight is 451 g/mol. The van der Waals surface area contributed by atoms with Gasteiger partial charge in [-0.15, -0.1) is 0 Å². The third-order valence-corrected chi connectivity index (χ3v) is 5.81. The Labute approximate surface area is 199 Å². The summed E-state index contributed by atoms with van der Waals surface area (Å²) in [6, 6.07) is 25.6. The van der Waals surface area contributed by atoms with Crippen LogP contribution in [0.25, 0.3) is 11.1 Å². The van der Waals surface area contributed by atoms with Crippen LogP contribution in [0, 0.1) is 13.8 Å². The number of ketones is 1. The Morgan fingerprint density at radius 3 is 1.74 bits per heavy atom. The van der Waals surface area contributed by atoms with Gasteiger partial charge >= 0.3 is 5.97 Å². The molecule has 4 rings (SSSR count). The van der Waals surface area contributed by atoms with E-state index < -0.39 is 5.97 Å². The van der Waals surface area contributed by atoms with Gasteiger partial charge in [-0.3, -0.25) is 4.79 Å². The van der Waals surface area contributed by atoms with Crippen LogP contribution in [0.2, 0.25) is 0 Å². The number of esters is 1. The van der Waals surface area contributed by atoms with Gasteiger partial charge < -0.3 is 16.2 Å². The van der Waals surface area contributed by atoms with Gasteiger partial charge in [-0.2, -0.15) is 0 Å². The lowest BCUT2D eigenvalue weighted by Gasteiger charge is -2.08. The Balaban J connectivity index is 1.40. The summed E-state index contributed by atoms with van der Waals surface area (Å²) < 4.78 is 5.48. The van der Waals surface area contributed by atoms with E-state index in [9.17, 15) is 9.59 Å². The Hall–Kier alpha value is -4.38. The molecular weight excluding hydrogens is 424 g/mol. The molecule has 0 spiro atoms. The SMILES string of the molecule is Cc1cc(C(=O)Cc2ccc(-c3ccc(OC(=O)c4ccc(N)c(C)c4)cc3)cc2)ccc1N. The third kappa shape index (κ3) is 5.15. The molecule has 0 amide bonds. The lowest BCUT2D eigenvalue weighted by atomic mass is 9.98. The molecule has 5 heteroatoms. The minimum absolute atomic E-state index is 0.0540. The fourth-order valence-electron chi connectivity index (χ4n) is 3.64. The van der Waals surface area contributed by atoms with Crippen LogP contribution in [0.1, 0.15) is 37.4 Å². The Morgan fingerprint density at radius 1 is 0.676 bits per heavy atom. The molecule has 0 unspecified atom stereocenters. The summed E-state index contributed by atoms with van der Waals surface area (Å²) in [5.41, 5.74) is 18.7. The first-order chi connectivity index (χ1) is 16.3. The zero-order chi connectivity index (χ0) is 24.2. The van der Waals surface area contributed by atoms with Crippen LogP contribution in [0.5, 0.6) is 5.75 Å². The van der Waals surface area contributed by atoms with Crippen molar-refractivity contribution >= 4 is 23.1 Å². The monoisotopic (exact) mass is 450 g/mol. The smallest absolute Gasteiger partial charge is 0.343 e. The minimum Gasteiger partial charge on any atom is -0.423 e. The van der Waals surface area contributed by atoms with Crippen LogP contribution < -0.4 is 16.2 Å². The Morgan fingerprint density at radius 2 is 1.18 bits per heavy atom. The van der Waals surface area contributed by atoms with Crippen LogP contribution in [-0.4, -0.2) is 11.8 Å². The molecule has 0 aliphatic heterocycles. The molecular formula is C29H26N2O3. The van der Waals surface area contributed by atoms with Crippen molar-refractivity contribution in [1.82, 2.24) is 0 Å². The number of ether oxygens (including phenoxy) is 1.